The summed E-state index contributed by atoms with van der Waals surface area (Å²) in [6.07, 6.45) is 1.84. The predicted octanol–water partition coefficient (Wildman–Crippen LogP) is 5.06. The minimum atomic E-state index is -2.42. The molecule has 0 aliphatic carbocycles. The van der Waals surface area contributed by atoms with Crippen molar-refractivity contribution in [3.8, 4) is 0 Å². The molecule has 1 heterocycles. The molecule has 3 nitrogen and oxygen atoms in total. The molecule has 0 fully saturated rings. The Morgan fingerprint density at radius 1 is 0.800 bits per heavy atom. The second-order valence-corrected chi connectivity index (χ2v) is 10.2. The first-order valence-corrected chi connectivity index (χ1v) is 11.6. The molecular formula is C25H19ClN3P. The molecule has 1 aliphatic heterocycles. The van der Waals surface area contributed by atoms with Crippen molar-refractivity contribution in [2.75, 3.05) is 0 Å². The Morgan fingerprint density at radius 3 is 1.60 bits per heavy atom. The standard InChI is InChI=1S/C25H19ClN3P/c1-19-17-24(28-25(26)23(19)18-27)29-30(20-11-5-2-6-12-20,21-13-7-3-8-14-21)22-15-9-4-10-16-22/h2-17H,1H3/b29-24+. The molecule has 4 rings (SSSR count). The molecule has 0 saturated heterocycles. The van der Waals surface area contributed by atoms with Crippen molar-refractivity contribution < 1.29 is 0 Å². The molecule has 0 bridgehead atoms. The largest absolute Gasteiger partial charge is 0.763 e. The maximum absolute atomic E-state index is 9.36. The third kappa shape index (κ3) is 3.72. The zero-order chi connectivity index (χ0) is 21.0. The summed E-state index contributed by atoms with van der Waals surface area (Å²) in [4.78, 5) is 4.47. The van der Waals surface area contributed by atoms with E-state index >= 15 is 0 Å². The number of amidine groups is 1. The second kappa shape index (κ2) is 8.73. The van der Waals surface area contributed by atoms with Crippen molar-refractivity contribution in [1.29, 1.82) is 0 Å². The van der Waals surface area contributed by atoms with Crippen molar-refractivity contribution in [3.63, 3.8) is 0 Å². The van der Waals surface area contributed by atoms with E-state index in [9.17, 15) is 5.41 Å². The molecule has 0 N–H and O–H groups in total. The van der Waals surface area contributed by atoms with Gasteiger partial charge in [-0.25, -0.2) is 4.99 Å². The normalized spacial score (nSPS) is 15.4. The molecule has 0 radical (unpaired) electrons. The van der Waals surface area contributed by atoms with Crippen molar-refractivity contribution >= 4 is 51.8 Å². The van der Waals surface area contributed by atoms with Crippen LogP contribution in [0.25, 0.3) is 5.41 Å². The van der Waals surface area contributed by atoms with Gasteiger partial charge in [0.2, 0.25) is 7.41 Å². The SMILES string of the molecule is CC1=C/C(=N\[P+](c2ccccc2)(c2ccccc2)c2ccccc2)N=C(Cl)C1=C=[N-]. The molecule has 0 saturated carbocycles. The molecule has 0 unspecified atom stereocenters. The Kier molecular flexibility index (Phi) is 5.88. The van der Waals surface area contributed by atoms with Gasteiger partial charge >= 0.3 is 0 Å². The summed E-state index contributed by atoms with van der Waals surface area (Å²) < 4.78 is 5.30. The van der Waals surface area contributed by atoms with Crippen LogP contribution in [0, 0.1) is 0 Å². The molecule has 3 aromatic carbocycles. The Bertz CT molecular complexity index is 1070. The number of aliphatic imine (C=N–C) groups is 1. The lowest BCUT2D eigenvalue weighted by atomic mass is 10.1. The molecular weight excluding hydrogens is 409 g/mol. The summed E-state index contributed by atoms with van der Waals surface area (Å²) in [5.74, 6) is 2.65. The Morgan fingerprint density at radius 2 is 1.23 bits per heavy atom. The second-order valence-electron chi connectivity index (χ2n) is 6.82. The average molecular weight is 428 g/mol. The number of rotatable bonds is 4. The fraction of sp³-hybridized carbons (Fsp3) is 0.0400. The first kappa shape index (κ1) is 20.2. The van der Waals surface area contributed by atoms with Crippen LogP contribution in [0.2, 0.25) is 0 Å². The number of hydrogen-bond donors (Lipinski definition) is 0. The number of halogens is 1. The van der Waals surface area contributed by atoms with Gasteiger partial charge in [-0.2, -0.15) is 0 Å². The highest BCUT2D eigenvalue weighted by Crippen LogP contribution is 2.57. The van der Waals surface area contributed by atoms with E-state index in [2.05, 4.69) is 47.3 Å². The molecule has 5 heteroatoms. The van der Waals surface area contributed by atoms with E-state index < -0.39 is 7.41 Å². The quantitative estimate of drug-likeness (QED) is 0.413. The van der Waals surface area contributed by atoms with Gasteiger partial charge in [-0.05, 0) is 55.0 Å². The van der Waals surface area contributed by atoms with Gasteiger partial charge in [0.1, 0.15) is 21.1 Å². The highest BCUT2D eigenvalue weighted by Gasteiger charge is 2.47. The van der Waals surface area contributed by atoms with Gasteiger partial charge in [0.15, 0.2) is 5.84 Å². The zero-order valence-corrected chi connectivity index (χ0v) is 18.1. The molecule has 30 heavy (non-hydrogen) atoms. The first-order chi connectivity index (χ1) is 14.6. The molecule has 0 spiro atoms. The van der Waals surface area contributed by atoms with Crippen LogP contribution in [0.3, 0.4) is 0 Å². The maximum atomic E-state index is 9.36. The lowest BCUT2D eigenvalue weighted by Crippen LogP contribution is -2.30. The highest BCUT2D eigenvalue weighted by molar-refractivity contribution is 7.94. The van der Waals surface area contributed by atoms with Gasteiger partial charge in [0.05, 0.1) is 0 Å². The van der Waals surface area contributed by atoms with Gasteiger partial charge in [-0.1, -0.05) is 71.0 Å². The van der Waals surface area contributed by atoms with Gasteiger partial charge < -0.3 is 5.41 Å². The van der Waals surface area contributed by atoms with Gasteiger partial charge in [0, 0.05) is 5.57 Å². The van der Waals surface area contributed by atoms with E-state index in [-0.39, 0.29) is 5.17 Å². The van der Waals surface area contributed by atoms with Crippen molar-refractivity contribution in [1.82, 2.24) is 0 Å². The zero-order valence-electron chi connectivity index (χ0n) is 16.4. The smallest absolute Gasteiger partial charge is 0.232 e. The van der Waals surface area contributed by atoms with E-state index in [1.54, 1.807) is 0 Å². The highest BCUT2D eigenvalue weighted by atomic mass is 35.5. The minimum Gasteiger partial charge on any atom is -0.763 e. The molecule has 146 valence electrons. The Hall–Kier alpha value is -3.09. The fourth-order valence-electron chi connectivity index (χ4n) is 3.51. The third-order valence-electron chi connectivity index (χ3n) is 4.91. The van der Waals surface area contributed by atoms with Crippen LogP contribution >= 0.6 is 19.0 Å². The van der Waals surface area contributed by atoms with Crippen LogP contribution in [0.4, 0.5) is 0 Å². The summed E-state index contributed by atoms with van der Waals surface area (Å²) in [7, 11) is -2.42. The Labute approximate surface area is 182 Å². The molecule has 0 atom stereocenters. The van der Waals surface area contributed by atoms with Gasteiger partial charge in [-0.3, -0.25) is 5.87 Å². The summed E-state index contributed by atoms with van der Waals surface area (Å²) in [6.45, 7) is 1.86. The van der Waals surface area contributed by atoms with Gasteiger partial charge in [-0.15, -0.1) is 0 Å². The van der Waals surface area contributed by atoms with E-state index in [1.807, 2.05) is 67.6 Å². The van der Waals surface area contributed by atoms with E-state index in [1.165, 1.54) is 0 Å². The summed E-state index contributed by atoms with van der Waals surface area (Å²) >= 11 is 6.32. The van der Waals surface area contributed by atoms with E-state index in [4.69, 9.17) is 16.4 Å². The van der Waals surface area contributed by atoms with Gasteiger partial charge in [0.25, 0.3) is 0 Å². The predicted molar refractivity (Wildman–Crippen MR) is 132 cm³/mol. The van der Waals surface area contributed by atoms with Crippen LogP contribution in [0.5, 0.6) is 0 Å². The van der Waals surface area contributed by atoms with Crippen molar-refractivity contribution in [3.05, 3.63) is 114 Å². The van der Waals surface area contributed by atoms with Crippen molar-refractivity contribution in [2.24, 2.45) is 9.76 Å². The molecule has 3 aromatic rings. The lowest BCUT2D eigenvalue weighted by molar-refractivity contribution is 1.45. The van der Waals surface area contributed by atoms with Crippen LogP contribution in [-0.4, -0.2) is 16.9 Å². The summed E-state index contributed by atoms with van der Waals surface area (Å²) in [5.41, 5.74) is 1.15. The van der Waals surface area contributed by atoms with Crippen LogP contribution < -0.4 is 15.9 Å². The minimum absolute atomic E-state index is 0.184. The first-order valence-electron chi connectivity index (χ1n) is 9.51. The molecule has 1 aliphatic rings. The van der Waals surface area contributed by atoms with Crippen LogP contribution in [0.15, 0.2) is 118 Å². The third-order valence-corrected chi connectivity index (χ3v) is 8.83. The van der Waals surface area contributed by atoms with E-state index in [0.29, 0.717) is 11.4 Å². The summed E-state index contributed by atoms with van der Waals surface area (Å²) in [6, 6.07) is 31.0. The molecule has 0 aromatic heterocycles. The van der Waals surface area contributed by atoms with Crippen LogP contribution in [-0.2, 0) is 0 Å². The van der Waals surface area contributed by atoms with Crippen LogP contribution in [0.1, 0.15) is 6.92 Å². The average Bonchev–Trinajstić information content (AvgIpc) is 2.79. The van der Waals surface area contributed by atoms with E-state index in [0.717, 1.165) is 21.5 Å². The fourth-order valence-corrected chi connectivity index (χ4v) is 7.25. The monoisotopic (exact) mass is 427 g/mol. The lowest BCUT2D eigenvalue weighted by Gasteiger charge is -2.23. The van der Waals surface area contributed by atoms with Crippen molar-refractivity contribution in [2.45, 2.75) is 6.92 Å². The number of benzene rings is 3. The molecule has 0 amide bonds. The number of dihydropyridines is 1. The topological polar surface area (TPSA) is 47.0 Å². The number of nitrogens with zero attached hydrogens (tertiary/aromatic N) is 3. The Balaban J connectivity index is 2.07. The number of allylic oxidation sites excluding steroid dienone is 2. The summed E-state index contributed by atoms with van der Waals surface area (Å²) in [5, 5.41) is 12.9. The maximum Gasteiger partial charge on any atom is 0.232 e. The number of hydrogen-bond acceptors (Lipinski definition) is 1.